The van der Waals surface area contributed by atoms with Crippen LogP contribution in [0.2, 0.25) is 5.02 Å². The van der Waals surface area contributed by atoms with E-state index in [1.807, 2.05) is 25.0 Å². The highest BCUT2D eigenvalue weighted by Gasteiger charge is 2.19. The molecule has 1 heterocycles. The monoisotopic (exact) mass is 458 g/mol. The van der Waals surface area contributed by atoms with Gasteiger partial charge in [0.25, 0.3) is 0 Å². The first kappa shape index (κ1) is 24.1. The maximum absolute atomic E-state index is 12.2. The van der Waals surface area contributed by atoms with Crippen molar-refractivity contribution in [3.63, 3.8) is 0 Å². The Morgan fingerprint density at radius 1 is 1.19 bits per heavy atom. The lowest BCUT2D eigenvalue weighted by Gasteiger charge is -2.34. The Kier molecular flexibility index (Phi) is 9.38. The summed E-state index contributed by atoms with van der Waals surface area (Å²) in [4.78, 5) is 28.3. The predicted molar refractivity (Wildman–Crippen MR) is 126 cm³/mol. The summed E-state index contributed by atoms with van der Waals surface area (Å²) in [7, 11) is 0. The quantitative estimate of drug-likeness (QED) is 0.439. The highest BCUT2D eigenvalue weighted by Crippen LogP contribution is 2.15. The van der Waals surface area contributed by atoms with Crippen LogP contribution in [-0.4, -0.2) is 73.7 Å². The first-order chi connectivity index (χ1) is 15.6. The average Bonchev–Trinajstić information content (AvgIpc) is 2.80. The number of ether oxygens (including phenoxy) is 1. The molecule has 0 bridgehead atoms. The zero-order valence-electron chi connectivity index (χ0n) is 18.5. The molecule has 0 aromatic heterocycles. The Morgan fingerprint density at radius 2 is 1.91 bits per heavy atom. The van der Waals surface area contributed by atoms with Gasteiger partial charge in [0.2, 0.25) is 0 Å². The summed E-state index contributed by atoms with van der Waals surface area (Å²) in [6.07, 6.45) is 5.96. The van der Waals surface area contributed by atoms with Crippen LogP contribution in [0.15, 0.2) is 53.8 Å². The Hall–Kier alpha value is -2.57. The lowest BCUT2D eigenvalue weighted by Crippen LogP contribution is -2.47. The van der Waals surface area contributed by atoms with Gasteiger partial charge in [-0.2, -0.15) is 0 Å². The summed E-state index contributed by atoms with van der Waals surface area (Å²) >= 11 is 5.95. The zero-order valence-corrected chi connectivity index (χ0v) is 19.2. The van der Waals surface area contributed by atoms with Gasteiger partial charge in [0, 0.05) is 44.3 Å². The first-order valence-electron chi connectivity index (χ1n) is 11.1. The van der Waals surface area contributed by atoms with Gasteiger partial charge in [0.1, 0.15) is 11.7 Å². The number of halogens is 1. The third-order valence-electron chi connectivity index (χ3n) is 5.52. The molecular formula is C24H31ClN4O3. The van der Waals surface area contributed by atoms with Gasteiger partial charge in [0.05, 0.1) is 18.2 Å². The van der Waals surface area contributed by atoms with Gasteiger partial charge < -0.3 is 20.3 Å². The number of amides is 2. The van der Waals surface area contributed by atoms with Crippen molar-refractivity contribution in [1.29, 1.82) is 0 Å². The van der Waals surface area contributed by atoms with E-state index < -0.39 is 6.04 Å². The van der Waals surface area contributed by atoms with Gasteiger partial charge in [-0.05, 0) is 49.7 Å². The molecule has 2 N–H and O–H groups in total. The van der Waals surface area contributed by atoms with Crippen LogP contribution in [0.3, 0.4) is 0 Å². The topological polar surface area (TPSA) is 73.9 Å². The number of hydrogen-bond donors (Lipinski definition) is 2. The minimum absolute atomic E-state index is 0.298. The Balaban J connectivity index is 1.30. The smallest absolute Gasteiger partial charge is 0.315 e. The van der Waals surface area contributed by atoms with E-state index >= 15 is 0 Å². The average molecular weight is 459 g/mol. The van der Waals surface area contributed by atoms with E-state index in [1.54, 1.807) is 18.2 Å². The van der Waals surface area contributed by atoms with E-state index in [-0.39, 0.29) is 6.03 Å². The molecular weight excluding hydrogens is 428 g/mol. The van der Waals surface area contributed by atoms with Gasteiger partial charge >= 0.3 is 6.03 Å². The number of rotatable bonds is 9. The van der Waals surface area contributed by atoms with Crippen LogP contribution in [0.5, 0.6) is 0 Å². The second-order valence-corrected chi connectivity index (χ2v) is 8.31. The second kappa shape index (κ2) is 12.5. The number of hydrogen-bond acceptors (Lipinski definition) is 5. The largest absolute Gasteiger partial charge is 0.494 e. The molecule has 32 heavy (non-hydrogen) atoms. The van der Waals surface area contributed by atoms with E-state index in [2.05, 4.69) is 32.6 Å². The Bertz CT molecular complexity index is 870. The van der Waals surface area contributed by atoms with Crippen LogP contribution in [0.4, 0.5) is 4.79 Å². The SMILES string of the molecule is CCOC1=CC(=C=O)C(NC(=O)NCCCN2CCN(Cc3ccc(Cl)cc3)CC2)C=C1. The van der Waals surface area contributed by atoms with E-state index in [4.69, 9.17) is 16.3 Å². The molecule has 0 spiro atoms. The van der Waals surface area contributed by atoms with Crippen LogP contribution < -0.4 is 10.6 Å². The molecule has 1 aromatic rings. The number of nitrogens with zero attached hydrogens (tertiary/aromatic N) is 2. The molecule has 1 saturated heterocycles. The third-order valence-corrected chi connectivity index (χ3v) is 5.77. The van der Waals surface area contributed by atoms with E-state index in [9.17, 15) is 9.59 Å². The molecule has 8 heteroatoms. The van der Waals surface area contributed by atoms with Crippen LogP contribution in [-0.2, 0) is 16.1 Å². The molecule has 2 aliphatic rings. The van der Waals surface area contributed by atoms with E-state index in [1.165, 1.54) is 5.56 Å². The van der Waals surface area contributed by atoms with Gasteiger partial charge in [-0.3, -0.25) is 4.90 Å². The van der Waals surface area contributed by atoms with Gasteiger partial charge in [-0.25, -0.2) is 9.59 Å². The van der Waals surface area contributed by atoms with E-state index in [0.29, 0.717) is 24.5 Å². The lowest BCUT2D eigenvalue weighted by atomic mass is 10.0. The van der Waals surface area contributed by atoms with Crippen molar-refractivity contribution in [1.82, 2.24) is 20.4 Å². The minimum Gasteiger partial charge on any atom is -0.494 e. The number of urea groups is 1. The van der Waals surface area contributed by atoms with Crippen LogP contribution in [0.1, 0.15) is 18.9 Å². The third kappa shape index (κ3) is 7.53. The number of carbonyl (C=O) groups is 1. The van der Waals surface area contributed by atoms with Crippen molar-refractivity contribution < 1.29 is 14.3 Å². The maximum Gasteiger partial charge on any atom is 0.315 e. The molecule has 1 fully saturated rings. The Morgan fingerprint density at radius 3 is 2.59 bits per heavy atom. The number of allylic oxidation sites excluding steroid dienone is 1. The van der Waals surface area contributed by atoms with Gasteiger partial charge in [-0.15, -0.1) is 0 Å². The van der Waals surface area contributed by atoms with Gasteiger partial charge in [0.15, 0.2) is 0 Å². The highest BCUT2D eigenvalue weighted by atomic mass is 35.5. The van der Waals surface area contributed by atoms with E-state index in [0.717, 1.165) is 50.7 Å². The van der Waals surface area contributed by atoms with Gasteiger partial charge in [-0.1, -0.05) is 29.8 Å². The molecule has 0 saturated carbocycles. The minimum atomic E-state index is -0.495. The molecule has 3 rings (SSSR count). The fourth-order valence-corrected chi connectivity index (χ4v) is 3.90. The summed E-state index contributed by atoms with van der Waals surface area (Å²) in [5, 5.41) is 6.43. The lowest BCUT2D eigenvalue weighted by molar-refractivity contribution is 0.126. The molecule has 1 aliphatic carbocycles. The zero-order chi connectivity index (χ0) is 22.8. The fraction of sp³-hybridized carbons (Fsp3) is 0.458. The summed E-state index contributed by atoms with van der Waals surface area (Å²) in [6, 6.07) is 7.24. The molecule has 1 atom stereocenters. The van der Waals surface area contributed by atoms with Crippen molar-refractivity contribution in [3.05, 3.63) is 64.4 Å². The van der Waals surface area contributed by atoms with Crippen molar-refractivity contribution >= 4 is 23.6 Å². The highest BCUT2D eigenvalue weighted by molar-refractivity contribution is 6.30. The maximum atomic E-state index is 12.2. The van der Waals surface area contributed by atoms with Crippen molar-refractivity contribution in [2.75, 3.05) is 45.9 Å². The second-order valence-electron chi connectivity index (χ2n) is 7.87. The molecule has 1 unspecified atom stereocenters. The molecule has 172 valence electrons. The molecule has 0 radical (unpaired) electrons. The Labute approximate surface area is 194 Å². The summed E-state index contributed by atoms with van der Waals surface area (Å²) < 4.78 is 5.38. The summed E-state index contributed by atoms with van der Waals surface area (Å²) in [6.45, 7) is 8.96. The van der Waals surface area contributed by atoms with Crippen LogP contribution >= 0.6 is 11.6 Å². The first-order valence-corrected chi connectivity index (χ1v) is 11.5. The predicted octanol–water partition coefficient (Wildman–Crippen LogP) is 2.76. The number of benzene rings is 1. The fourth-order valence-electron chi connectivity index (χ4n) is 3.78. The number of carbonyl (C=O) groups excluding carboxylic acids is 2. The van der Waals surface area contributed by atoms with Crippen molar-refractivity contribution in [3.8, 4) is 0 Å². The standard InChI is InChI=1S/C24H31ClN4O3/c1-2-32-22-8-9-23(20(16-22)18-30)27-24(31)26-10-3-11-28-12-14-29(15-13-28)17-19-4-6-21(25)7-5-19/h4-9,16,23H,2-3,10-15,17H2,1H3,(H2,26,27,31). The summed E-state index contributed by atoms with van der Waals surface area (Å²) in [5.41, 5.74) is 1.63. The van der Waals surface area contributed by atoms with Crippen molar-refractivity contribution in [2.45, 2.75) is 25.9 Å². The van der Waals surface area contributed by atoms with Crippen LogP contribution in [0, 0.1) is 0 Å². The summed E-state index contributed by atoms with van der Waals surface area (Å²) in [5.74, 6) is 2.47. The molecule has 2 amide bonds. The number of piperazine rings is 1. The van der Waals surface area contributed by atoms with Crippen LogP contribution in [0.25, 0.3) is 0 Å². The molecule has 1 aliphatic heterocycles. The normalized spacial score (nSPS) is 19.2. The molecule has 7 nitrogen and oxygen atoms in total. The number of nitrogens with one attached hydrogen (secondary N) is 2. The molecule has 1 aromatic carbocycles. The van der Waals surface area contributed by atoms with Crippen molar-refractivity contribution in [2.24, 2.45) is 0 Å².